The maximum Gasteiger partial charge on any atom is 0.417 e. The highest BCUT2D eigenvalue weighted by molar-refractivity contribution is 6.32. The summed E-state index contributed by atoms with van der Waals surface area (Å²) in [6.07, 6.45) is -10.2. The summed E-state index contributed by atoms with van der Waals surface area (Å²) in [4.78, 5) is 12.8. The number of hydrogen-bond acceptors (Lipinski definition) is 2. The van der Waals surface area contributed by atoms with Crippen molar-refractivity contribution in [2.75, 3.05) is 5.32 Å². The van der Waals surface area contributed by atoms with Crippen molar-refractivity contribution < 1.29 is 31.1 Å². The Morgan fingerprint density at radius 3 is 2.12 bits per heavy atom. The van der Waals surface area contributed by atoms with Gasteiger partial charge in [0.1, 0.15) is 5.82 Å². The predicted molar refractivity (Wildman–Crippen MR) is 112 cm³/mol. The average molecular weight is 490 g/mol. The lowest BCUT2D eigenvalue weighted by Crippen LogP contribution is -2.21. The monoisotopic (exact) mass is 489 g/mol. The summed E-state index contributed by atoms with van der Waals surface area (Å²) >= 11 is 6.22. The van der Waals surface area contributed by atoms with Crippen molar-refractivity contribution in [2.45, 2.75) is 38.5 Å². The molecule has 0 aliphatic heterocycles. The molecule has 0 saturated heterocycles. The predicted octanol–water partition coefficient (Wildman–Crippen LogP) is 7.11. The quantitative estimate of drug-likeness (QED) is 0.398. The van der Waals surface area contributed by atoms with Crippen LogP contribution in [0.2, 0.25) is 5.02 Å². The first-order valence-electron chi connectivity index (χ1n) is 9.54. The Kier molecular flexibility index (Phi) is 6.27. The fraction of sp³-hybridized carbons (Fsp3) is 0.273. The van der Waals surface area contributed by atoms with E-state index in [1.165, 1.54) is 10.7 Å². The number of nitrogens with one attached hydrogen (secondary N) is 1. The van der Waals surface area contributed by atoms with Gasteiger partial charge in [-0.1, -0.05) is 44.5 Å². The highest BCUT2D eigenvalue weighted by atomic mass is 35.5. The van der Waals surface area contributed by atoms with Crippen LogP contribution < -0.4 is 5.32 Å². The fourth-order valence-corrected chi connectivity index (χ4v) is 3.20. The SMILES string of the molecule is CC(C)(C)c1cc(NC(=O)c2ccc(C(F)(F)F)cc2C(F)(F)F)n(-c2ccccc2Cl)n1. The number of para-hydroxylation sites is 1. The van der Waals surface area contributed by atoms with Crippen molar-refractivity contribution >= 4 is 23.3 Å². The smallest absolute Gasteiger partial charge is 0.306 e. The number of benzene rings is 2. The van der Waals surface area contributed by atoms with Crippen LogP contribution in [0.25, 0.3) is 5.69 Å². The van der Waals surface area contributed by atoms with E-state index < -0.39 is 40.4 Å². The fourth-order valence-electron chi connectivity index (χ4n) is 2.98. The number of aromatic nitrogens is 2. The van der Waals surface area contributed by atoms with Gasteiger partial charge in [-0.3, -0.25) is 4.79 Å². The Hall–Kier alpha value is -3.01. The van der Waals surface area contributed by atoms with E-state index in [4.69, 9.17) is 11.6 Å². The van der Waals surface area contributed by atoms with Crippen LogP contribution in [0.5, 0.6) is 0 Å². The lowest BCUT2D eigenvalue weighted by atomic mass is 9.92. The van der Waals surface area contributed by atoms with E-state index in [2.05, 4.69) is 10.4 Å². The van der Waals surface area contributed by atoms with Crippen LogP contribution >= 0.6 is 11.6 Å². The van der Waals surface area contributed by atoms with Crippen molar-refractivity contribution in [3.05, 3.63) is 75.9 Å². The molecule has 0 radical (unpaired) electrons. The normalized spacial score (nSPS) is 12.7. The van der Waals surface area contributed by atoms with Crippen LogP contribution in [0.15, 0.2) is 48.5 Å². The zero-order chi connectivity index (χ0) is 24.8. The topological polar surface area (TPSA) is 46.9 Å². The molecule has 4 nitrogen and oxygen atoms in total. The molecule has 0 aliphatic rings. The largest absolute Gasteiger partial charge is 0.417 e. The molecule has 3 rings (SSSR count). The van der Waals surface area contributed by atoms with Gasteiger partial charge >= 0.3 is 12.4 Å². The minimum absolute atomic E-state index is 0.00560. The van der Waals surface area contributed by atoms with E-state index in [0.717, 1.165) is 0 Å². The van der Waals surface area contributed by atoms with E-state index in [1.54, 1.807) is 24.3 Å². The summed E-state index contributed by atoms with van der Waals surface area (Å²) in [6, 6.07) is 8.80. The summed E-state index contributed by atoms with van der Waals surface area (Å²) < 4.78 is 80.5. The zero-order valence-electron chi connectivity index (χ0n) is 17.6. The molecule has 0 unspecified atom stereocenters. The van der Waals surface area contributed by atoms with Gasteiger partial charge in [-0.25, -0.2) is 4.68 Å². The molecule has 3 aromatic rings. The van der Waals surface area contributed by atoms with Gasteiger partial charge in [0.05, 0.1) is 33.1 Å². The van der Waals surface area contributed by atoms with Crippen LogP contribution in [-0.4, -0.2) is 15.7 Å². The van der Waals surface area contributed by atoms with Crippen LogP contribution in [0.1, 0.15) is 48.0 Å². The molecule has 0 spiro atoms. The van der Waals surface area contributed by atoms with E-state index in [9.17, 15) is 31.1 Å². The molecule has 0 saturated carbocycles. The molecule has 1 N–H and O–H groups in total. The van der Waals surface area contributed by atoms with Crippen LogP contribution in [0, 0.1) is 0 Å². The molecule has 11 heteroatoms. The second kappa shape index (κ2) is 8.40. The highest BCUT2D eigenvalue weighted by Crippen LogP contribution is 2.38. The number of halogens is 7. The Labute approximate surface area is 190 Å². The third-order valence-electron chi connectivity index (χ3n) is 4.70. The van der Waals surface area contributed by atoms with E-state index >= 15 is 0 Å². The number of rotatable bonds is 3. The van der Waals surface area contributed by atoms with Crippen LogP contribution in [-0.2, 0) is 17.8 Å². The molecule has 2 aromatic carbocycles. The summed E-state index contributed by atoms with van der Waals surface area (Å²) in [5, 5.41) is 7.03. The molecule has 0 aliphatic carbocycles. The van der Waals surface area contributed by atoms with E-state index in [1.807, 2.05) is 20.8 Å². The minimum Gasteiger partial charge on any atom is -0.306 e. The van der Waals surface area contributed by atoms with E-state index in [-0.39, 0.29) is 16.9 Å². The first-order chi connectivity index (χ1) is 15.1. The van der Waals surface area contributed by atoms with Crippen molar-refractivity contribution in [1.29, 1.82) is 0 Å². The Balaban J connectivity index is 2.10. The molecular weight excluding hydrogens is 472 g/mol. The molecule has 1 amide bonds. The average Bonchev–Trinajstić information content (AvgIpc) is 3.10. The van der Waals surface area contributed by atoms with Crippen molar-refractivity contribution in [3.63, 3.8) is 0 Å². The number of nitrogens with zero attached hydrogens (tertiary/aromatic N) is 2. The van der Waals surface area contributed by atoms with Gasteiger partial charge in [-0.2, -0.15) is 31.4 Å². The molecule has 176 valence electrons. The summed E-state index contributed by atoms with van der Waals surface area (Å²) in [5.74, 6) is -1.24. The Bertz CT molecular complexity index is 1190. The zero-order valence-corrected chi connectivity index (χ0v) is 18.3. The van der Waals surface area contributed by atoms with Gasteiger partial charge < -0.3 is 5.32 Å². The second-order valence-corrected chi connectivity index (χ2v) is 8.65. The second-order valence-electron chi connectivity index (χ2n) is 8.24. The molecule has 0 fully saturated rings. The van der Waals surface area contributed by atoms with Gasteiger partial charge in [-0.15, -0.1) is 0 Å². The number of anilines is 1. The molecule has 33 heavy (non-hydrogen) atoms. The maximum absolute atomic E-state index is 13.5. The van der Waals surface area contributed by atoms with Crippen LogP contribution in [0.3, 0.4) is 0 Å². The van der Waals surface area contributed by atoms with Gasteiger partial charge in [0.15, 0.2) is 0 Å². The molecular formula is C22H18ClF6N3O. The standard InChI is InChI=1S/C22H18ClF6N3O/c1-20(2,3)17-11-18(32(31-17)16-7-5-4-6-15(16)23)30-19(33)13-9-8-12(21(24,25)26)10-14(13)22(27,28)29/h4-11H,1-3H3,(H,30,33). The van der Waals surface area contributed by atoms with Crippen LogP contribution in [0.4, 0.5) is 32.2 Å². The van der Waals surface area contributed by atoms with Gasteiger partial charge in [0.25, 0.3) is 5.91 Å². The number of amides is 1. The van der Waals surface area contributed by atoms with Gasteiger partial charge in [0, 0.05) is 11.5 Å². The lowest BCUT2D eigenvalue weighted by molar-refractivity contribution is -0.143. The van der Waals surface area contributed by atoms with Gasteiger partial charge in [0.2, 0.25) is 0 Å². The van der Waals surface area contributed by atoms with Crippen molar-refractivity contribution in [2.24, 2.45) is 0 Å². The molecule has 0 bridgehead atoms. The van der Waals surface area contributed by atoms with Crippen molar-refractivity contribution in [1.82, 2.24) is 9.78 Å². The third kappa shape index (κ3) is 5.32. The molecule has 1 aromatic heterocycles. The summed E-state index contributed by atoms with van der Waals surface area (Å²) in [6.45, 7) is 5.53. The number of alkyl halides is 6. The maximum atomic E-state index is 13.5. The molecule has 0 atom stereocenters. The first-order valence-corrected chi connectivity index (χ1v) is 9.92. The van der Waals surface area contributed by atoms with Gasteiger partial charge in [-0.05, 0) is 30.3 Å². The number of carbonyl (C=O) groups is 1. The lowest BCUT2D eigenvalue weighted by Gasteiger charge is -2.16. The minimum atomic E-state index is -5.19. The summed E-state index contributed by atoms with van der Waals surface area (Å²) in [5.41, 5.74) is -3.80. The molecule has 1 heterocycles. The Morgan fingerprint density at radius 1 is 0.939 bits per heavy atom. The first kappa shape index (κ1) is 24.6. The van der Waals surface area contributed by atoms with Crippen molar-refractivity contribution in [3.8, 4) is 5.69 Å². The third-order valence-corrected chi connectivity index (χ3v) is 5.02. The summed E-state index contributed by atoms with van der Waals surface area (Å²) in [7, 11) is 0. The number of carbonyl (C=O) groups excluding carboxylic acids is 1. The Morgan fingerprint density at radius 2 is 1.58 bits per heavy atom. The number of hydrogen-bond donors (Lipinski definition) is 1. The van der Waals surface area contributed by atoms with E-state index in [0.29, 0.717) is 23.5 Å². The highest BCUT2D eigenvalue weighted by Gasteiger charge is 2.39.